The van der Waals surface area contributed by atoms with E-state index in [1.54, 1.807) is 0 Å². The highest BCUT2D eigenvalue weighted by Gasteiger charge is 2.39. The van der Waals surface area contributed by atoms with Gasteiger partial charge in [0, 0.05) is 5.69 Å². The van der Waals surface area contributed by atoms with Crippen LogP contribution in [0.1, 0.15) is 47.1 Å². The summed E-state index contributed by atoms with van der Waals surface area (Å²) in [6.07, 6.45) is 4.32. The van der Waals surface area contributed by atoms with Crippen molar-refractivity contribution >= 4 is 11.8 Å². The lowest BCUT2D eigenvalue weighted by molar-refractivity contribution is 0.110. The number of hydrogen-bond acceptors (Lipinski definition) is 1. The van der Waals surface area contributed by atoms with Gasteiger partial charge in [0.25, 0.3) is 0 Å². The van der Waals surface area contributed by atoms with Crippen LogP contribution in [0.2, 0.25) is 0 Å². The van der Waals surface area contributed by atoms with E-state index in [1.165, 1.54) is 11.1 Å². The zero-order chi connectivity index (χ0) is 15.6. The van der Waals surface area contributed by atoms with Crippen molar-refractivity contribution in [2.75, 3.05) is 5.73 Å². The molecule has 1 atom stereocenters. The molecule has 1 heteroatoms. The predicted octanol–water partition coefficient (Wildman–Crippen LogP) is 5.55. The monoisotopic (exact) mass is 271 g/mol. The van der Waals surface area contributed by atoms with E-state index >= 15 is 0 Å². The van der Waals surface area contributed by atoms with E-state index in [2.05, 4.69) is 72.4 Å². The van der Waals surface area contributed by atoms with Gasteiger partial charge in [-0.25, -0.2) is 0 Å². The van der Waals surface area contributed by atoms with Gasteiger partial charge >= 0.3 is 0 Å². The zero-order valence-corrected chi connectivity index (χ0v) is 13.8. The lowest BCUT2D eigenvalue weighted by Gasteiger charge is -2.45. The predicted molar refractivity (Wildman–Crippen MR) is 91.4 cm³/mol. The molecule has 0 aromatic heterocycles. The number of nitrogen functional groups attached to an aromatic ring is 1. The van der Waals surface area contributed by atoms with Gasteiger partial charge in [-0.3, -0.25) is 0 Å². The van der Waals surface area contributed by atoms with Crippen molar-refractivity contribution in [1.29, 1.82) is 0 Å². The molecule has 1 unspecified atom stereocenters. The van der Waals surface area contributed by atoms with Crippen LogP contribution in [-0.4, -0.2) is 0 Å². The molecule has 1 nitrogen and oxygen atoms in total. The Morgan fingerprint density at radius 3 is 2.10 bits per heavy atom. The van der Waals surface area contributed by atoms with E-state index in [1.807, 2.05) is 12.1 Å². The van der Waals surface area contributed by atoms with Crippen molar-refractivity contribution in [3.8, 4) is 0 Å². The maximum atomic E-state index is 5.73. The molecule has 0 spiro atoms. The lowest BCUT2D eigenvalue weighted by Crippen LogP contribution is -2.37. The summed E-state index contributed by atoms with van der Waals surface area (Å²) >= 11 is 0. The highest BCUT2D eigenvalue weighted by atomic mass is 14.5. The van der Waals surface area contributed by atoms with Crippen LogP contribution in [0.3, 0.4) is 0 Å². The van der Waals surface area contributed by atoms with Crippen molar-refractivity contribution in [2.45, 2.75) is 41.5 Å². The second-order valence-corrected chi connectivity index (χ2v) is 6.92. The Hall–Kier alpha value is -1.50. The van der Waals surface area contributed by atoms with Crippen molar-refractivity contribution in [1.82, 2.24) is 0 Å². The molecule has 20 heavy (non-hydrogen) atoms. The van der Waals surface area contributed by atoms with Gasteiger partial charge in [0.15, 0.2) is 0 Å². The van der Waals surface area contributed by atoms with E-state index < -0.39 is 0 Å². The normalized spacial score (nSPS) is 15.0. The summed E-state index contributed by atoms with van der Waals surface area (Å²) in [7, 11) is 0. The van der Waals surface area contributed by atoms with Crippen molar-refractivity contribution in [3.63, 3.8) is 0 Å². The third kappa shape index (κ3) is 3.33. The molecule has 0 bridgehead atoms. The molecule has 0 radical (unpaired) electrons. The standard InChI is InChI=1S/C19H29N/c1-8-18(4,5)19(6,7)15(3)14(2)13-16-9-11-17(20)12-10-16/h8-13,15H,1,20H2,2-7H3/b14-13-. The summed E-state index contributed by atoms with van der Waals surface area (Å²) in [5, 5.41) is 0. The fourth-order valence-electron chi connectivity index (χ4n) is 2.37. The molecule has 0 amide bonds. The van der Waals surface area contributed by atoms with Crippen molar-refractivity contribution in [3.05, 3.63) is 48.1 Å². The van der Waals surface area contributed by atoms with Gasteiger partial charge in [-0.05, 0) is 41.4 Å². The van der Waals surface area contributed by atoms with E-state index in [0.717, 1.165) is 5.69 Å². The Kier molecular flexibility index (Phi) is 4.86. The first-order chi connectivity index (χ1) is 9.11. The smallest absolute Gasteiger partial charge is 0.0314 e. The van der Waals surface area contributed by atoms with Crippen LogP contribution < -0.4 is 5.73 Å². The summed E-state index contributed by atoms with van der Waals surface area (Å²) in [6, 6.07) is 8.03. The summed E-state index contributed by atoms with van der Waals surface area (Å²) in [6.45, 7) is 17.7. The third-order valence-corrected chi connectivity index (χ3v) is 5.27. The SMILES string of the molecule is C=CC(C)(C)C(C)(C)C(C)/C(C)=C\c1ccc(N)cc1. The molecule has 0 saturated carbocycles. The second kappa shape index (κ2) is 5.87. The van der Waals surface area contributed by atoms with Crippen LogP contribution in [0, 0.1) is 16.7 Å². The van der Waals surface area contributed by atoms with Crippen LogP contribution in [0.25, 0.3) is 6.08 Å². The minimum Gasteiger partial charge on any atom is -0.399 e. The Morgan fingerprint density at radius 2 is 1.65 bits per heavy atom. The maximum Gasteiger partial charge on any atom is 0.0314 e. The molecule has 0 fully saturated rings. The van der Waals surface area contributed by atoms with Gasteiger partial charge in [0.1, 0.15) is 0 Å². The molecule has 110 valence electrons. The molecule has 1 aromatic rings. The van der Waals surface area contributed by atoms with Gasteiger partial charge in [0.05, 0.1) is 0 Å². The van der Waals surface area contributed by atoms with E-state index in [4.69, 9.17) is 5.73 Å². The lowest BCUT2D eigenvalue weighted by atomic mass is 9.60. The molecular formula is C19H29N. The van der Waals surface area contributed by atoms with Crippen LogP contribution in [0.5, 0.6) is 0 Å². The highest BCUT2D eigenvalue weighted by Crippen LogP contribution is 2.47. The van der Waals surface area contributed by atoms with Crippen molar-refractivity contribution in [2.24, 2.45) is 16.7 Å². The Morgan fingerprint density at radius 1 is 1.15 bits per heavy atom. The fourth-order valence-corrected chi connectivity index (χ4v) is 2.37. The average Bonchev–Trinajstić information content (AvgIpc) is 2.40. The van der Waals surface area contributed by atoms with Crippen molar-refractivity contribution < 1.29 is 0 Å². The van der Waals surface area contributed by atoms with Gasteiger partial charge in [-0.15, -0.1) is 6.58 Å². The molecule has 0 aliphatic heterocycles. The number of nitrogens with two attached hydrogens (primary N) is 1. The second-order valence-electron chi connectivity index (χ2n) is 6.92. The van der Waals surface area contributed by atoms with E-state index in [9.17, 15) is 0 Å². The average molecular weight is 271 g/mol. The summed E-state index contributed by atoms with van der Waals surface area (Å²) in [5.41, 5.74) is 9.35. The first-order valence-corrected chi connectivity index (χ1v) is 7.29. The van der Waals surface area contributed by atoms with Gasteiger partial charge in [0.2, 0.25) is 0 Å². The molecule has 0 saturated heterocycles. The van der Waals surface area contributed by atoms with Gasteiger partial charge in [-0.1, -0.05) is 64.5 Å². The summed E-state index contributed by atoms with van der Waals surface area (Å²) < 4.78 is 0. The minimum atomic E-state index is 0.0859. The molecule has 0 heterocycles. The highest BCUT2D eigenvalue weighted by molar-refractivity contribution is 5.56. The minimum absolute atomic E-state index is 0.0859. The van der Waals surface area contributed by atoms with Gasteiger partial charge in [-0.2, -0.15) is 0 Å². The third-order valence-electron chi connectivity index (χ3n) is 5.27. The Bertz CT molecular complexity index is 489. The molecule has 2 N–H and O–H groups in total. The van der Waals surface area contributed by atoms with Crippen LogP contribution >= 0.6 is 0 Å². The number of allylic oxidation sites excluding steroid dienone is 2. The summed E-state index contributed by atoms with van der Waals surface area (Å²) in [5.74, 6) is 0.466. The molecule has 1 rings (SSSR count). The van der Waals surface area contributed by atoms with Crippen LogP contribution in [-0.2, 0) is 0 Å². The maximum absolute atomic E-state index is 5.73. The summed E-state index contributed by atoms with van der Waals surface area (Å²) in [4.78, 5) is 0. The quantitative estimate of drug-likeness (QED) is 0.551. The molecule has 0 aliphatic rings. The van der Waals surface area contributed by atoms with Crippen LogP contribution in [0.4, 0.5) is 5.69 Å². The zero-order valence-electron chi connectivity index (χ0n) is 13.8. The fraction of sp³-hybridized carbons (Fsp3) is 0.474. The molecule has 1 aromatic carbocycles. The number of hydrogen-bond donors (Lipinski definition) is 1. The number of rotatable bonds is 5. The largest absolute Gasteiger partial charge is 0.399 e. The first kappa shape index (κ1) is 16.6. The Labute approximate surface area is 124 Å². The number of anilines is 1. The Balaban J connectivity index is 3.04. The van der Waals surface area contributed by atoms with Crippen LogP contribution in [0.15, 0.2) is 42.5 Å². The van der Waals surface area contributed by atoms with E-state index in [-0.39, 0.29) is 10.8 Å². The van der Waals surface area contributed by atoms with E-state index in [0.29, 0.717) is 5.92 Å². The topological polar surface area (TPSA) is 26.0 Å². The number of benzene rings is 1. The first-order valence-electron chi connectivity index (χ1n) is 7.29. The van der Waals surface area contributed by atoms with Gasteiger partial charge < -0.3 is 5.73 Å². The molecule has 0 aliphatic carbocycles. The molecular weight excluding hydrogens is 242 g/mol.